The van der Waals surface area contributed by atoms with Crippen LogP contribution in [0.4, 0.5) is 0 Å². The zero-order chi connectivity index (χ0) is 6.32. The van der Waals surface area contributed by atoms with Crippen molar-refractivity contribution in [2.45, 2.75) is 5.60 Å². The van der Waals surface area contributed by atoms with Crippen molar-refractivity contribution in [1.29, 1.82) is 0 Å². The summed E-state index contributed by atoms with van der Waals surface area (Å²) in [6.07, 6.45) is 0. The zero-order valence-electron chi connectivity index (χ0n) is 5.35. The number of hydrogen-bond acceptors (Lipinski definition) is 3. The van der Waals surface area contributed by atoms with E-state index in [4.69, 9.17) is 0 Å². The first-order valence-electron chi connectivity index (χ1n) is 3.45. The van der Waals surface area contributed by atoms with Crippen molar-refractivity contribution in [3.8, 4) is 0 Å². The Bertz CT molecular complexity index is 116. The van der Waals surface area contributed by atoms with E-state index in [2.05, 4.69) is 10.6 Å². The fraction of sp³-hybridized carbons (Fsp3) is 1.00. The molecule has 0 aromatic heterocycles. The molecule has 3 nitrogen and oxygen atoms in total. The summed E-state index contributed by atoms with van der Waals surface area (Å²) in [7, 11) is 0. The van der Waals surface area contributed by atoms with E-state index < -0.39 is 5.60 Å². The lowest BCUT2D eigenvalue weighted by molar-refractivity contribution is 0.0527. The molecule has 0 radical (unpaired) electrons. The minimum Gasteiger partial charge on any atom is -0.387 e. The van der Waals surface area contributed by atoms with Crippen LogP contribution in [-0.2, 0) is 0 Å². The third-order valence-electron chi connectivity index (χ3n) is 2.40. The number of nitrogens with one attached hydrogen (secondary N) is 2. The van der Waals surface area contributed by atoms with Crippen molar-refractivity contribution in [3.63, 3.8) is 0 Å². The molecule has 2 fully saturated rings. The highest BCUT2D eigenvalue weighted by Gasteiger charge is 2.44. The van der Waals surface area contributed by atoms with E-state index >= 15 is 0 Å². The van der Waals surface area contributed by atoms with Crippen molar-refractivity contribution in [2.24, 2.45) is 5.92 Å². The van der Waals surface area contributed by atoms with E-state index in [-0.39, 0.29) is 0 Å². The van der Waals surface area contributed by atoms with Gasteiger partial charge in [-0.2, -0.15) is 0 Å². The summed E-state index contributed by atoms with van der Waals surface area (Å²) in [5.41, 5.74) is -0.417. The smallest absolute Gasteiger partial charge is 0.0947 e. The monoisotopic (exact) mass is 128 g/mol. The van der Waals surface area contributed by atoms with Crippen molar-refractivity contribution >= 4 is 0 Å². The molecule has 2 heterocycles. The van der Waals surface area contributed by atoms with Gasteiger partial charge in [0.2, 0.25) is 0 Å². The van der Waals surface area contributed by atoms with Crippen molar-refractivity contribution in [3.05, 3.63) is 0 Å². The molecule has 0 amide bonds. The van der Waals surface area contributed by atoms with Gasteiger partial charge in [0.15, 0.2) is 0 Å². The van der Waals surface area contributed by atoms with Gasteiger partial charge in [0.25, 0.3) is 0 Å². The van der Waals surface area contributed by atoms with Gasteiger partial charge in [-0.1, -0.05) is 0 Å². The molecule has 2 rings (SSSR count). The van der Waals surface area contributed by atoms with Crippen molar-refractivity contribution in [2.75, 3.05) is 26.2 Å². The standard InChI is InChI=1S/C6H12N2O/c9-6-3-7-1-5(6)2-8-4-6/h5,7-9H,1-4H2. The molecule has 0 bridgehead atoms. The Hall–Kier alpha value is -0.120. The Kier molecular flexibility index (Phi) is 1.06. The van der Waals surface area contributed by atoms with Gasteiger partial charge in [0.1, 0.15) is 0 Å². The first kappa shape index (κ1) is 5.65. The van der Waals surface area contributed by atoms with Gasteiger partial charge in [-0.3, -0.25) is 0 Å². The predicted molar refractivity (Wildman–Crippen MR) is 34.2 cm³/mol. The second-order valence-electron chi connectivity index (χ2n) is 3.06. The highest BCUT2D eigenvalue weighted by Crippen LogP contribution is 2.24. The van der Waals surface area contributed by atoms with Crippen LogP contribution in [0, 0.1) is 5.92 Å². The number of rotatable bonds is 0. The van der Waals surface area contributed by atoms with E-state index in [0.717, 1.165) is 26.2 Å². The lowest BCUT2D eigenvalue weighted by Crippen LogP contribution is -2.38. The van der Waals surface area contributed by atoms with E-state index in [1.54, 1.807) is 0 Å². The molecule has 3 N–H and O–H groups in total. The van der Waals surface area contributed by atoms with Crippen molar-refractivity contribution in [1.82, 2.24) is 10.6 Å². The molecule has 0 atom stereocenters. The fourth-order valence-electron chi connectivity index (χ4n) is 1.73. The second-order valence-corrected chi connectivity index (χ2v) is 3.06. The number of fused-ring (bicyclic) bond motifs is 1. The van der Waals surface area contributed by atoms with E-state index in [0.29, 0.717) is 5.92 Å². The summed E-state index contributed by atoms with van der Waals surface area (Å²) in [5, 5.41) is 16.1. The molecule has 0 aromatic carbocycles. The maximum absolute atomic E-state index is 9.71. The fourth-order valence-corrected chi connectivity index (χ4v) is 1.73. The van der Waals surface area contributed by atoms with E-state index in [9.17, 15) is 5.11 Å². The second kappa shape index (κ2) is 1.68. The van der Waals surface area contributed by atoms with Crippen LogP contribution in [0.15, 0.2) is 0 Å². The Morgan fingerprint density at radius 2 is 1.78 bits per heavy atom. The molecule has 52 valence electrons. The Morgan fingerprint density at radius 1 is 1.22 bits per heavy atom. The van der Waals surface area contributed by atoms with Crippen molar-refractivity contribution < 1.29 is 5.11 Å². The van der Waals surface area contributed by atoms with Gasteiger partial charge in [-0.25, -0.2) is 0 Å². The highest BCUT2D eigenvalue weighted by molar-refractivity contribution is 5.02. The third kappa shape index (κ3) is 0.689. The third-order valence-corrected chi connectivity index (χ3v) is 2.40. The maximum Gasteiger partial charge on any atom is 0.0947 e. The number of hydrogen-bond donors (Lipinski definition) is 3. The Morgan fingerprint density at radius 3 is 2.22 bits per heavy atom. The lowest BCUT2D eigenvalue weighted by atomic mass is 9.95. The van der Waals surface area contributed by atoms with Gasteiger partial charge in [-0.15, -0.1) is 0 Å². The molecule has 9 heavy (non-hydrogen) atoms. The molecule has 0 saturated carbocycles. The molecule has 3 heteroatoms. The Balaban J connectivity index is 2.17. The van der Waals surface area contributed by atoms with Crippen LogP contribution < -0.4 is 10.6 Å². The summed E-state index contributed by atoms with van der Waals surface area (Å²) in [5.74, 6) is 0.456. The average molecular weight is 128 g/mol. The molecule has 2 aliphatic rings. The average Bonchev–Trinajstić information content (AvgIpc) is 2.22. The van der Waals surface area contributed by atoms with Crippen LogP contribution in [0.3, 0.4) is 0 Å². The maximum atomic E-state index is 9.71. The van der Waals surface area contributed by atoms with Crippen LogP contribution in [0.5, 0.6) is 0 Å². The van der Waals surface area contributed by atoms with Crippen LogP contribution >= 0.6 is 0 Å². The number of β-amino-alcohol motifs (C(OH)–C–C–N with tert-alkyl or cyclic N) is 1. The molecular formula is C6H12N2O. The summed E-state index contributed by atoms with van der Waals surface area (Å²) < 4.78 is 0. The molecule has 0 aromatic rings. The van der Waals surface area contributed by atoms with Gasteiger partial charge in [0, 0.05) is 32.1 Å². The quantitative estimate of drug-likeness (QED) is 0.373. The normalized spacial score (nSPS) is 49.7. The Labute approximate surface area is 54.4 Å². The molecule has 2 saturated heterocycles. The van der Waals surface area contributed by atoms with Crippen LogP contribution in [0.1, 0.15) is 0 Å². The molecule has 0 unspecified atom stereocenters. The first-order chi connectivity index (χ1) is 4.31. The SMILES string of the molecule is OC12CNCC1CNC2. The molecule has 0 aliphatic carbocycles. The first-order valence-corrected chi connectivity index (χ1v) is 3.45. The summed E-state index contributed by atoms with van der Waals surface area (Å²) >= 11 is 0. The topological polar surface area (TPSA) is 44.3 Å². The van der Waals surface area contributed by atoms with E-state index in [1.807, 2.05) is 0 Å². The largest absolute Gasteiger partial charge is 0.387 e. The molecule has 0 spiro atoms. The minimum absolute atomic E-state index is 0.417. The lowest BCUT2D eigenvalue weighted by Gasteiger charge is -2.18. The highest BCUT2D eigenvalue weighted by atomic mass is 16.3. The van der Waals surface area contributed by atoms with Gasteiger partial charge >= 0.3 is 0 Å². The summed E-state index contributed by atoms with van der Waals surface area (Å²) in [4.78, 5) is 0. The zero-order valence-corrected chi connectivity index (χ0v) is 5.35. The predicted octanol–water partition coefficient (Wildman–Crippen LogP) is -1.46. The van der Waals surface area contributed by atoms with Crippen LogP contribution in [0.2, 0.25) is 0 Å². The van der Waals surface area contributed by atoms with Gasteiger partial charge < -0.3 is 15.7 Å². The number of aliphatic hydroxyl groups is 1. The molecule has 2 aliphatic heterocycles. The van der Waals surface area contributed by atoms with E-state index in [1.165, 1.54) is 0 Å². The summed E-state index contributed by atoms with van der Waals surface area (Å²) in [6, 6.07) is 0. The van der Waals surface area contributed by atoms with Crippen LogP contribution in [0.25, 0.3) is 0 Å². The van der Waals surface area contributed by atoms with Crippen LogP contribution in [-0.4, -0.2) is 36.9 Å². The minimum atomic E-state index is -0.417. The van der Waals surface area contributed by atoms with Gasteiger partial charge in [-0.05, 0) is 0 Å². The van der Waals surface area contributed by atoms with Gasteiger partial charge in [0.05, 0.1) is 5.60 Å². The molecular weight excluding hydrogens is 116 g/mol. The summed E-state index contributed by atoms with van der Waals surface area (Å²) in [6.45, 7) is 3.49.